The van der Waals surface area contributed by atoms with Crippen LogP contribution < -0.4 is 5.32 Å². The van der Waals surface area contributed by atoms with E-state index >= 15 is 0 Å². The molecule has 0 bridgehead atoms. The van der Waals surface area contributed by atoms with Gasteiger partial charge < -0.3 is 10.2 Å². The second-order valence-electron chi connectivity index (χ2n) is 5.74. The van der Waals surface area contributed by atoms with Crippen LogP contribution in [0.15, 0.2) is 12.3 Å². The van der Waals surface area contributed by atoms with Gasteiger partial charge in [-0.3, -0.25) is 14.3 Å². The number of rotatable bonds is 4. The fraction of sp³-hybridized carbons (Fsp3) is 0.643. The van der Waals surface area contributed by atoms with Crippen LogP contribution in [0.4, 0.5) is 0 Å². The van der Waals surface area contributed by atoms with Crippen LogP contribution in [0.2, 0.25) is 0 Å². The maximum atomic E-state index is 12.3. The molecule has 2 amide bonds. The summed E-state index contributed by atoms with van der Waals surface area (Å²) in [6.07, 6.45) is 4.57. The number of aryl methyl sites for hydroxylation is 1. The van der Waals surface area contributed by atoms with Crippen molar-refractivity contribution in [2.24, 2.45) is 13.0 Å². The summed E-state index contributed by atoms with van der Waals surface area (Å²) in [5.41, 5.74) is 1.07. The van der Waals surface area contributed by atoms with Gasteiger partial charge in [-0.05, 0) is 31.7 Å². The third-order valence-corrected chi connectivity index (χ3v) is 4.22. The normalized spacial score (nSPS) is 26.8. The summed E-state index contributed by atoms with van der Waals surface area (Å²) in [4.78, 5) is 26.3. The number of hydrogen-bond acceptors (Lipinski definition) is 3. The van der Waals surface area contributed by atoms with Crippen molar-refractivity contribution in [3.8, 4) is 0 Å². The molecule has 2 unspecified atom stereocenters. The van der Waals surface area contributed by atoms with Crippen molar-refractivity contribution in [3.63, 3.8) is 0 Å². The van der Waals surface area contributed by atoms with Crippen LogP contribution >= 0.6 is 0 Å². The Balaban J connectivity index is 1.74. The van der Waals surface area contributed by atoms with E-state index in [0.717, 1.165) is 25.0 Å². The highest BCUT2D eigenvalue weighted by molar-refractivity contribution is 5.97. The molecule has 6 nitrogen and oxygen atoms in total. The molecule has 2 atom stereocenters. The van der Waals surface area contributed by atoms with Gasteiger partial charge in [0.05, 0.1) is 0 Å². The molecule has 1 aliphatic heterocycles. The topological polar surface area (TPSA) is 67.2 Å². The molecule has 0 spiro atoms. The monoisotopic (exact) mass is 276 g/mol. The van der Waals surface area contributed by atoms with Gasteiger partial charge in [-0.2, -0.15) is 5.10 Å². The SMILES string of the molecule is CC1NC(=O)C(C2CC2)N(CCc2ccnn2C)C1=O. The Morgan fingerprint density at radius 3 is 2.75 bits per heavy atom. The van der Waals surface area contributed by atoms with E-state index in [4.69, 9.17) is 0 Å². The number of aromatic nitrogens is 2. The highest BCUT2D eigenvalue weighted by Gasteiger charge is 2.46. The molecule has 108 valence electrons. The molecule has 0 aromatic carbocycles. The van der Waals surface area contributed by atoms with Crippen LogP contribution in [0.3, 0.4) is 0 Å². The second-order valence-corrected chi connectivity index (χ2v) is 5.74. The van der Waals surface area contributed by atoms with Gasteiger partial charge in [-0.15, -0.1) is 0 Å². The smallest absolute Gasteiger partial charge is 0.245 e. The Bertz CT molecular complexity index is 535. The molecule has 20 heavy (non-hydrogen) atoms. The molecule has 1 aliphatic carbocycles. The maximum absolute atomic E-state index is 12.3. The van der Waals surface area contributed by atoms with Gasteiger partial charge >= 0.3 is 0 Å². The van der Waals surface area contributed by atoms with Crippen LogP contribution in [0.25, 0.3) is 0 Å². The van der Waals surface area contributed by atoms with E-state index in [1.54, 1.807) is 18.0 Å². The Hall–Kier alpha value is -1.85. The number of amides is 2. The van der Waals surface area contributed by atoms with E-state index in [1.807, 2.05) is 17.8 Å². The van der Waals surface area contributed by atoms with E-state index in [2.05, 4.69) is 10.4 Å². The van der Waals surface area contributed by atoms with Crippen LogP contribution in [-0.4, -0.2) is 45.1 Å². The van der Waals surface area contributed by atoms with Crippen molar-refractivity contribution in [1.82, 2.24) is 20.0 Å². The molecular weight excluding hydrogens is 256 g/mol. The molecular formula is C14H20N4O2. The first-order chi connectivity index (χ1) is 9.58. The highest BCUT2D eigenvalue weighted by Crippen LogP contribution is 2.37. The molecule has 1 aromatic rings. The van der Waals surface area contributed by atoms with Crippen molar-refractivity contribution >= 4 is 11.8 Å². The van der Waals surface area contributed by atoms with E-state index in [-0.39, 0.29) is 17.9 Å². The summed E-state index contributed by atoms with van der Waals surface area (Å²) in [7, 11) is 1.89. The summed E-state index contributed by atoms with van der Waals surface area (Å²) in [5.74, 6) is 0.381. The minimum atomic E-state index is -0.413. The number of piperazine rings is 1. The van der Waals surface area contributed by atoms with Crippen molar-refractivity contribution in [2.75, 3.05) is 6.54 Å². The van der Waals surface area contributed by atoms with Gasteiger partial charge in [0, 0.05) is 31.9 Å². The predicted molar refractivity (Wildman–Crippen MR) is 72.7 cm³/mol. The zero-order valence-electron chi connectivity index (χ0n) is 11.9. The van der Waals surface area contributed by atoms with E-state index in [1.165, 1.54) is 0 Å². The molecule has 1 N–H and O–H groups in total. The van der Waals surface area contributed by atoms with Crippen molar-refractivity contribution in [3.05, 3.63) is 18.0 Å². The summed E-state index contributed by atoms with van der Waals surface area (Å²) < 4.78 is 1.81. The average molecular weight is 276 g/mol. The lowest BCUT2D eigenvalue weighted by molar-refractivity contribution is -0.149. The quantitative estimate of drug-likeness (QED) is 0.847. The molecule has 2 fully saturated rings. The summed E-state index contributed by atoms with van der Waals surface area (Å²) in [6, 6.07) is 1.26. The Kier molecular flexibility index (Phi) is 3.23. The Labute approximate surface area is 118 Å². The fourth-order valence-electron chi connectivity index (χ4n) is 2.90. The fourth-order valence-corrected chi connectivity index (χ4v) is 2.90. The maximum Gasteiger partial charge on any atom is 0.245 e. The van der Waals surface area contributed by atoms with Gasteiger partial charge in [-0.1, -0.05) is 0 Å². The predicted octanol–water partition coefficient (Wildman–Crippen LogP) is 0.0881. The first kappa shape index (κ1) is 13.1. The Morgan fingerprint density at radius 2 is 2.15 bits per heavy atom. The number of carbonyl (C=O) groups excluding carboxylic acids is 2. The van der Waals surface area contributed by atoms with Crippen LogP contribution in [0.1, 0.15) is 25.5 Å². The molecule has 1 saturated carbocycles. The van der Waals surface area contributed by atoms with Gasteiger partial charge in [0.15, 0.2) is 0 Å². The lowest BCUT2D eigenvalue weighted by atomic mass is 10.0. The van der Waals surface area contributed by atoms with Gasteiger partial charge in [0.25, 0.3) is 0 Å². The molecule has 6 heteroatoms. The number of nitrogens with zero attached hydrogens (tertiary/aromatic N) is 3. The second kappa shape index (κ2) is 4.92. The Morgan fingerprint density at radius 1 is 1.40 bits per heavy atom. The highest BCUT2D eigenvalue weighted by atomic mass is 16.2. The number of hydrogen-bond donors (Lipinski definition) is 1. The summed E-state index contributed by atoms with van der Waals surface area (Å²) in [5, 5.41) is 6.92. The van der Waals surface area contributed by atoms with Gasteiger partial charge in [-0.25, -0.2) is 0 Å². The minimum absolute atomic E-state index is 0.00426. The molecule has 3 rings (SSSR count). The van der Waals surface area contributed by atoms with Crippen molar-refractivity contribution in [1.29, 1.82) is 0 Å². The molecule has 2 heterocycles. The van der Waals surface area contributed by atoms with Gasteiger partial charge in [0.2, 0.25) is 11.8 Å². The van der Waals surface area contributed by atoms with E-state index < -0.39 is 6.04 Å². The van der Waals surface area contributed by atoms with Crippen molar-refractivity contribution in [2.45, 2.75) is 38.3 Å². The average Bonchev–Trinajstić information content (AvgIpc) is 3.15. The molecule has 1 saturated heterocycles. The third kappa shape index (κ3) is 2.30. The first-order valence-electron chi connectivity index (χ1n) is 7.15. The standard InChI is InChI=1S/C14H20N4O2/c1-9-14(20)18(8-6-11-5-7-15-17(11)2)12(10-3-4-10)13(19)16-9/h5,7,9-10,12H,3-4,6,8H2,1-2H3,(H,16,19). The zero-order chi connectivity index (χ0) is 14.3. The largest absolute Gasteiger partial charge is 0.343 e. The lowest BCUT2D eigenvalue weighted by Crippen LogP contribution is -2.63. The van der Waals surface area contributed by atoms with Gasteiger partial charge in [0.1, 0.15) is 12.1 Å². The number of carbonyl (C=O) groups is 2. The molecule has 0 radical (unpaired) electrons. The van der Waals surface area contributed by atoms with E-state index in [9.17, 15) is 9.59 Å². The first-order valence-corrected chi connectivity index (χ1v) is 7.15. The lowest BCUT2D eigenvalue weighted by Gasteiger charge is -2.38. The van der Waals surface area contributed by atoms with Crippen molar-refractivity contribution < 1.29 is 9.59 Å². The minimum Gasteiger partial charge on any atom is -0.343 e. The zero-order valence-corrected chi connectivity index (χ0v) is 11.9. The van der Waals surface area contributed by atoms with Crippen LogP contribution in [0.5, 0.6) is 0 Å². The van der Waals surface area contributed by atoms with Crippen LogP contribution in [-0.2, 0) is 23.1 Å². The summed E-state index contributed by atoms with van der Waals surface area (Å²) >= 11 is 0. The van der Waals surface area contributed by atoms with Crippen LogP contribution in [0, 0.1) is 5.92 Å². The molecule has 1 aromatic heterocycles. The molecule has 2 aliphatic rings. The third-order valence-electron chi connectivity index (χ3n) is 4.22. The summed E-state index contributed by atoms with van der Waals surface area (Å²) in [6.45, 7) is 2.33. The van der Waals surface area contributed by atoms with E-state index in [0.29, 0.717) is 12.5 Å². The number of nitrogens with one attached hydrogen (secondary N) is 1.